The molecular weight excluding hydrogens is 544 g/mol. The topological polar surface area (TPSA) is 71.1 Å². The van der Waals surface area contributed by atoms with Crippen molar-refractivity contribution >= 4 is 106 Å². The summed E-state index contributed by atoms with van der Waals surface area (Å²) in [6.45, 7) is 0. The molecule has 0 aliphatic rings. The average Bonchev–Trinajstić information content (AvgIpc) is 3.05. The van der Waals surface area contributed by atoms with Crippen molar-refractivity contribution in [3.63, 3.8) is 0 Å². The second-order valence-corrected chi connectivity index (χ2v) is 11.1. The zero-order valence-corrected chi connectivity index (χ0v) is 20.5. The van der Waals surface area contributed by atoms with E-state index < -0.39 is 10.0 Å². The molecular formula is C19H10Cl5N3O2S2. The van der Waals surface area contributed by atoms with Gasteiger partial charge in [0.2, 0.25) is 0 Å². The van der Waals surface area contributed by atoms with Crippen molar-refractivity contribution in [2.45, 2.75) is 4.90 Å². The largest absolute Gasteiger partial charge is 0.329 e. The Bertz CT molecular complexity index is 1380. The summed E-state index contributed by atoms with van der Waals surface area (Å²) in [5, 5.41) is 5.03. The minimum atomic E-state index is -3.96. The van der Waals surface area contributed by atoms with Crippen LogP contribution in [0.3, 0.4) is 0 Å². The van der Waals surface area contributed by atoms with Crippen molar-refractivity contribution in [2.75, 3.05) is 10.0 Å². The van der Waals surface area contributed by atoms with Crippen molar-refractivity contribution < 1.29 is 8.42 Å². The highest BCUT2D eigenvalue weighted by atomic mass is 35.5. The highest BCUT2D eigenvalue weighted by molar-refractivity contribution is 7.92. The van der Waals surface area contributed by atoms with Crippen LogP contribution in [0.4, 0.5) is 16.5 Å². The number of nitrogens with zero attached hydrogens (tertiary/aromatic N) is 1. The van der Waals surface area contributed by atoms with E-state index in [1.807, 2.05) is 12.1 Å². The first-order valence-corrected chi connectivity index (χ1v) is 12.6. The van der Waals surface area contributed by atoms with Crippen LogP contribution in [-0.4, -0.2) is 13.4 Å². The Morgan fingerprint density at radius 1 is 0.806 bits per heavy atom. The van der Waals surface area contributed by atoms with Crippen LogP contribution in [0.25, 0.3) is 10.2 Å². The molecule has 0 bridgehead atoms. The number of anilines is 3. The number of hydrogen-bond acceptors (Lipinski definition) is 5. The Morgan fingerprint density at radius 3 is 2.10 bits per heavy atom. The standard InChI is InChI=1S/C19H10Cl5N3O2S2/c20-9-1-2-16-17(6-9)30-19(25-16)26-18-14(23)7-12(8-15(18)24)27-31(28,29)13-4-10(21)3-11(22)5-13/h1-8,27H,(H,25,26). The molecule has 160 valence electrons. The minimum Gasteiger partial charge on any atom is -0.329 e. The van der Waals surface area contributed by atoms with E-state index in [2.05, 4.69) is 15.0 Å². The van der Waals surface area contributed by atoms with Crippen LogP contribution in [0.5, 0.6) is 0 Å². The molecule has 12 heteroatoms. The van der Waals surface area contributed by atoms with Gasteiger partial charge in [0.1, 0.15) is 0 Å². The van der Waals surface area contributed by atoms with E-state index in [0.29, 0.717) is 15.8 Å². The van der Waals surface area contributed by atoms with Crippen molar-refractivity contribution in [2.24, 2.45) is 0 Å². The summed E-state index contributed by atoms with van der Waals surface area (Å²) in [5.74, 6) is 0. The molecule has 0 amide bonds. The molecule has 2 N–H and O–H groups in total. The number of hydrogen-bond donors (Lipinski definition) is 2. The first-order chi connectivity index (χ1) is 14.6. The van der Waals surface area contributed by atoms with Crippen molar-refractivity contribution in [3.8, 4) is 0 Å². The third kappa shape index (κ3) is 5.14. The van der Waals surface area contributed by atoms with Crippen LogP contribution in [0.15, 0.2) is 53.4 Å². The van der Waals surface area contributed by atoms with E-state index >= 15 is 0 Å². The molecule has 0 fully saturated rings. The molecule has 4 rings (SSSR count). The van der Waals surface area contributed by atoms with E-state index in [0.717, 1.165) is 10.2 Å². The molecule has 1 heterocycles. The second kappa shape index (κ2) is 8.83. The molecule has 0 spiro atoms. The van der Waals surface area contributed by atoms with Crippen LogP contribution < -0.4 is 10.0 Å². The van der Waals surface area contributed by atoms with Crippen LogP contribution >= 0.6 is 69.3 Å². The first-order valence-electron chi connectivity index (χ1n) is 8.42. The monoisotopic (exact) mass is 551 g/mol. The highest BCUT2D eigenvalue weighted by Crippen LogP contribution is 2.38. The normalized spacial score (nSPS) is 11.6. The van der Waals surface area contributed by atoms with Gasteiger partial charge in [0.15, 0.2) is 5.13 Å². The summed E-state index contributed by atoms with van der Waals surface area (Å²) in [6, 6.07) is 12.2. The molecule has 5 nitrogen and oxygen atoms in total. The number of fused-ring (bicyclic) bond motifs is 1. The molecule has 3 aromatic carbocycles. The van der Waals surface area contributed by atoms with E-state index in [1.54, 1.807) is 6.07 Å². The summed E-state index contributed by atoms with van der Waals surface area (Å²) in [4.78, 5) is 4.37. The molecule has 0 atom stereocenters. The van der Waals surface area contributed by atoms with Crippen molar-refractivity contribution in [1.82, 2.24) is 4.98 Å². The van der Waals surface area contributed by atoms with Gasteiger partial charge in [-0.2, -0.15) is 0 Å². The fourth-order valence-corrected chi connectivity index (χ4v) is 6.20. The predicted octanol–water partition coefficient (Wildman–Crippen LogP) is 8.11. The number of sulfonamides is 1. The predicted molar refractivity (Wildman–Crippen MR) is 132 cm³/mol. The van der Waals surface area contributed by atoms with Crippen LogP contribution in [0, 0.1) is 0 Å². The maximum Gasteiger partial charge on any atom is 0.261 e. The number of benzene rings is 3. The van der Waals surface area contributed by atoms with Gasteiger partial charge in [-0.1, -0.05) is 69.3 Å². The van der Waals surface area contributed by atoms with Gasteiger partial charge in [-0.25, -0.2) is 13.4 Å². The van der Waals surface area contributed by atoms with Gasteiger partial charge in [0.25, 0.3) is 10.0 Å². The number of aromatic nitrogens is 1. The zero-order chi connectivity index (χ0) is 22.3. The number of rotatable bonds is 5. The van der Waals surface area contributed by atoms with Gasteiger partial charge in [-0.05, 0) is 48.5 Å². The maximum atomic E-state index is 12.7. The first kappa shape index (κ1) is 22.7. The number of thiazole rings is 1. The fourth-order valence-electron chi connectivity index (χ4n) is 2.71. The van der Waals surface area contributed by atoms with Crippen LogP contribution in [0.1, 0.15) is 0 Å². The summed E-state index contributed by atoms with van der Waals surface area (Å²) in [6.07, 6.45) is 0. The lowest BCUT2D eigenvalue weighted by Crippen LogP contribution is -2.13. The molecule has 0 radical (unpaired) electrons. The lowest BCUT2D eigenvalue weighted by atomic mass is 10.3. The molecule has 0 saturated heterocycles. The zero-order valence-electron chi connectivity index (χ0n) is 15.1. The van der Waals surface area contributed by atoms with Crippen molar-refractivity contribution in [1.29, 1.82) is 0 Å². The smallest absolute Gasteiger partial charge is 0.261 e. The van der Waals surface area contributed by atoms with Gasteiger partial charge in [0.05, 0.1) is 36.5 Å². The average molecular weight is 554 g/mol. The van der Waals surface area contributed by atoms with E-state index in [4.69, 9.17) is 58.0 Å². The van der Waals surface area contributed by atoms with Gasteiger partial charge in [-0.15, -0.1) is 0 Å². The summed E-state index contributed by atoms with van der Waals surface area (Å²) in [7, 11) is -3.96. The number of nitrogens with one attached hydrogen (secondary N) is 2. The van der Waals surface area contributed by atoms with E-state index in [-0.39, 0.29) is 30.7 Å². The lowest BCUT2D eigenvalue weighted by Gasteiger charge is -2.13. The summed E-state index contributed by atoms with van der Waals surface area (Å²) >= 11 is 31.9. The quantitative estimate of drug-likeness (QED) is 0.262. The minimum absolute atomic E-state index is 0.0902. The fraction of sp³-hybridized carbons (Fsp3) is 0. The summed E-state index contributed by atoms with van der Waals surface area (Å²) < 4.78 is 28.7. The Kier molecular flexibility index (Phi) is 6.47. The molecule has 4 aromatic rings. The van der Waals surface area contributed by atoms with E-state index in [9.17, 15) is 8.42 Å². The van der Waals surface area contributed by atoms with Crippen molar-refractivity contribution in [3.05, 3.63) is 73.6 Å². The molecule has 0 unspecified atom stereocenters. The van der Waals surface area contributed by atoms with Crippen LogP contribution in [-0.2, 0) is 10.0 Å². The SMILES string of the molecule is O=S(=O)(Nc1cc(Cl)c(Nc2nc3ccc(Cl)cc3s2)c(Cl)c1)c1cc(Cl)cc(Cl)c1. The Labute approximate surface area is 206 Å². The van der Waals surface area contributed by atoms with Gasteiger partial charge in [0, 0.05) is 15.1 Å². The second-order valence-electron chi connectivity index (χ2n) is 6.28. The Morgan fingerprint density at radius 2 is 1.45 bits per heavy atom. The van der Waals surface area contributed by atoms with Gasteiger partial charge in [-0.3, -0.25) is 4.72 Å². The van der Waals surface area contributed by atoms with Gasteiger partial charge < -0.3 is 5.32 Å². The lowest BCUT2D eigenvalue weighted by molar-refractivity contribution is 0.601. The number of halogens is 5. The van der Waals surface area contributed by atoms with Gasteiger partial charge >= 0.3 is 0 Å². The third-order valence-electron chi connectivity index (χ3n) is 4.02. The summed E-state index contributed by atoms with van der Waals surface area (Å²) in [5.41, 5.74) is 1.34. The van der Waals surface area contributed by atoms with E-state index in [1.165, 1.54) is 41.7 Å². The van der Waals surface area contributed by atoms with Crippen LogP contribution in [0.2, 0.25) is 25.1 Å². The Balaban J connectivity index is 1.62. The third-order valence-corrected chi connectivity index (χ3v) is 7.59. The highest BCUT2D eigenvalue weighted by Gasteiger charge is 2.18. The maximum absolute atomic E-state index is 12.7. The molecule has 0 saturated carbocycles. The molecule has 0 aliphatic heterocycles. The Hall–Kier alpha value is -1.45. The molecule has 1 aromatic heterocycles. The molecule has 31 heavy (non-hydrogen) atoms. The molecule has 0 aliphatic carbocycles.